The summed E-state index contributed by atoms with van der Waals surface area (Å²) in [5, 5.41) is 0. The molecule has 0 aliphatic rings. The number of ether oxygens (including phenoxy) is 2. The zero-order valence-electron chi connectivity index (χ0n) is 31.6. The molecule has 0 aliphatic heterocycles. The normalized spacial score (nSPS) is 10.9. The Morgan fingerprint density at radius 2 is 0.596 bits per heavy atom. The van der Waals surface area contributed by atoms with Gasteiger partial charge >= 0.3 is 11.9 Å². The Morgan fingerprint density at radius 3 is 0.830 bits per heavy atom. The summed E-state index contributed by atoms with van der Waals surface area (Å²) in [5.74, 6) is -0.852. The third-order valence-electron chi connectivity index (χ3n) is 9.33. The smallest absolute Gasteiger partial charge is 0.339 e. The molecule has 1 aromatic rings. The van der Waals surface area contributed by atoms with Crippen LogP contribution in [0.3, 0.4) is 0 Å². The first-order valence-electron chi connectivity index (χ1n) is 20.1. The molecule has 0 N–H and O–H groups in total. The van der Waals surface area contributed by atoms with Crippen molar-refractivity contribution in [2.24, 2.45) is 0 Å². The summed E-state index contributed by atoms with van der Waals surface area (Å²) in [6.07, 6.45) is 39.2. The predicted octanol–water partition coefficient (Wildman–Crippen LogP) is 13.4. The molecule has 4 nitrogen and oxygen atoms in total. The first-order chi connectivity index (χ1) is 22.7. The van der Waals surface area contributed by atoms with E-state index >= 15 is 0 Å². The van der Waals surface area contributed by atoms with Gasteiger partial charge < -0.3 is 9.47 Å². The van der Waals surface area contributed by atoms with Crippen LogP contribution in [0, 0.1) is 0 Å². The third-order valence-corrected chi connectivity index (χ3v) is 9.33. The van der Waals surface area contributed by atoms with Crippen molar-refractivity contribution in [2.75, 3.05) is 13.2 Å². The fourth-order valence-corrected chi connectivity index (χ4v) is 6.27. The summed E-state index contributed by atoms with van der Waals surface area (Å²) >= 11 is 0. The zero-order valence-corrected chi connectivity index (χ0v) is 33.6. The van der Waals surface area contributed by atoms with Crippen molar-refractivity contribution in [1.29, 1.82) is 0 Å². The predicted molar refractivity (Wildman–Crippen MR) is 203 cm³/mol. The van der Waals surface area contributed by atoms with E-state index in [1.807, 2.05) is 0 Å². The molecule has 0 amide bonds. The molecule has 0 bridgehead atoms. The summed E-state index contributed by atoms with van der Waals surface area (Å²) in [6.45, 7) is 5.36. The first-order valence-corrected chi connectivity index (χ1v) is 20.1. The number of rotatable bonds is 34. The van der Waals surface area contributed by atoms with Crippen LogP contribution in [-0.2, 0) is 9.47 Å². The minimum Gasteiger partial charge on any atom is -0.462 e. The Kier molecular flexibility index (Phi) is 35.8. The molecule has 0 aliphatic carbocycles. The Bertz CT molecular complexity index is 827. The van der Waals surface area contributed by atoms with Crippen LogP contribution < -0.4 is 0 Å². The van der Waals surface area contributed by atoms with E-state index in [-0.39, 0.29) is 29.6 Å². The van der Waals surface area contributed by atoms with Crippen LogP contribution in [-0.4, -0.2) is 54.7 Å². The van der Waals surface area contributed by atoms with E-state index in [2.05, 4.69) is 13.8 Å². The van der Waals surface area contributed by atoms with Crippen molar-refractivity contribution in [1.82, 2.24) is 0 Å². The van der Waals surface area contributed by atoms with Gasteiger partial charge in [0.2, 0.25) is 0 Å². The minimum absolute atomic E-state index is 0. The van der Waals surface area contributed by atoms with Crippen molar-refractivity contribution in [3.8, 4) is 0 Å². The van der Waals surface area contributed by atoms with Gasteiger partial charge in [0, 0.05) is 29.6 Å². The van der Waals surface area contributed by atoms with Crippen LogP contribution in [0.25, 0.3) is 0 Å². The van der Waals surface area contributed by atoms with Crippen molar-refractivity contribution in [2.45, 2.75) is 206 Å². The average molecular weight is 666 g/mol. The fraction of sp³-hybridized carbons (Fsp3) is 0.810. The number of hydrogen-bond donors (Lipinski definition) is 0. The SMILES string of the molecule is CCCCCCCCCCCCCCCCCCOC(=O)c1ccccc1C(=O)OCCCCCCCCCCCCCCCC.[Na]. The third kappa shape index (κ3) is 28.7. The fourth-order valence-electron chi connectivity index (χ4n) is 6.27. The van der Waals surface area contributed by atoms with Crippen LogP contribution >= 0.6 is 0 Å². The summed E-state index contributed by atoms with van der Waals surface area (Å²) in [7, 11) is 0. The first kappa shape index (κ1) is 46.2. The Hall–Kier alpha value is -0.840. The van der Waals surface area contributed by atoms with Crippen LogP contribution in [0.1, 0.15) is 227 Å². The number of esters is 2. The standard InChI is InChI=1S/C42H74O4.Na/c1-3-5-7-9-11-13-15-17-19-20-22-24-26-28-30-34-38-46-42(44)40-36-32-31-35-39(40)41(43)45-37-33-29-27-25-23-21-18-16-14-12-10-8-6-4-2;/h31-32,35-36H,3-30,33-34,37-38H2,1-2H3;. The Labute approximate surface area is 314 Å². The largest absolute Gasteiger partial charge is 0.462 e. The van der Waals surface area contributed by atoms with Crippen LogP contribution in [0.5, 0.6) is 0 Å². The van der Waals surface area contributed by atoms with Crippen LogP contribution in [0.15, 0.2) is 24.3 Å². The monoisotopic (exact) mass is 666 g/mol. The summed E-state index contributed by atoms with van der Waals surface area (Å²) in [6, 6.07) is 6.88. The number of carbonyl (C=O) groups excluding carboxylic acids is 2. The second-order valence-electron chi connectivity index (χ2n) is 13.7. The molecule has 1 aromatic carbocycles. The van der Waals surface area contributed by atoms with Gasteiger partial charge in [0.1, 0.15) is 0 Å². The van der Waals surface area contributed by atoms with Gasteiger partial charge in [0.05, 0.1) is 24.3 Å². The second-order valence-corrected chi connectivity index (χ2v) is 13.7. The minimum atomic E-state index is -0.426. The molecule has 0 spiro atoms. The van der Waals surface area contributed by atoms with Gasteiger partial charge in [-0.3, -0.25) is 0 Å². The van der Waals surface area contributed by atoms with Gasteiger partial charge in [0.25, 0.3) is 0 Å². The van der Waals surface area contributed by atoms with Gasteiger partial charge in [-0.25, -0.2) is 9.59 Å². The molecule has 1 radical (unpaired) electrons. The van der Waals surface area contributed by atoms with E-state index in [0.29, 0.717) is 24.3 Å². The van der Waals surface area contributed by atoms with Crippen molar-refractivity contribution < 1.29 is 19.1 Å². The number of hydrogen-bond acceptors (Lipinski definition) is 4. The van der Waals surface area contributed by atoms with E-state index in [1.54, 1.807) is 24.3 Å². The molecule has 0 aromatic heterocycles. The molecule has 0 saturated carbocycles. The zero-order chi connectivity index (χ0) is 33.2. The molecule has 0 fully saturated rings. The topological polar surface area (TPSA) is 52.6 Å². The van der Waals surface area contributed by atoms with Crippen molar-refractivity contribution in [3.05, 3.63) is 35.4 Å². The van der Waals surface area contributed by atoms with Crippen molar-refractivity contribution in [3.63, 3.8) is 0 Å². The van der Waals surface area contributed by atoms with Gasteiger partial charge in [0.15, 0.2) is 0 Å². The van der Waals surface area contributed by atoms with Crippen molar-refractivity contribution >= 4 is 41.5 Å². The van der Waals surface area contributed by atoms with Gasteiger partial charge in [-0.2, -0.15) is 0 Å². The average Bonchev–Trinajstić information content (AvgIpc) is 3.07. The quantitative estimate of drug-likeness (QED) is 0.0418. The van der Waals surface area contributed by atoms with Gasteiger partial charge in [-0.05, 0) is 25.0 Å². The Morgan fingerprint density at radius 1 is 0.383 bits per heavy atom. The maximum Gasteiger partial charge on any atom is 0.339 e. The maximum atomic E-state index is 12.7. The molecule has 1 rings (SSSR count). The molecular formula is C42H74NaO4. The summed E-state index contributed by atoms with van der Waals surface area (Å²) in [5.41, 5.74) is 0.620. The number of benzene rings is 1. The molecule has 267 valence electrons. The maximum absolute atomic E-state index is 12.7. The van der Waals surface area contributed by atoms with E-state index in [0.717, 1.165) is 25.7 Å². The molecule has 47 heavy (non-hydrogen) atoms. The summed E-state index contributed by atoms with van der Waals surface area (Å²) in [4.78, 5) is 25.4. The van der Waals surface area contributed by atoms with Crippen LogP contribution in [0.4, 0.5) is 0 Å². The molecule has 0 unspecified atom stereocenters. The van der Waals surface area contributed by atoms with Crippen LogP contribution in [0.2, 0.25) is 0 Å². The van der Waals surface area contributed by atoms with Gasteiger partial charge in [-0.15, -0.1) is 0 Å². The number of carbonyl (C=O) groups is 2. The molecule has 0 atom stereocenters. The molecule has 0 heterocycles. The second kappa shape index (κ2) is 36.4. The molecule has 0 saturated heterocycles. The number of unbranched alkanes of at least 4 members (excludes halogenated alkanes) is 28. The van der Waals surface area contributed by atoms with Gasteiger partial charge in [-0.1, -0.05) is 206 Å². The Balaban J connectivity index is 0.0000212. The van der Waals surface area contributed by atoms with E-state index < -0.39 is 11.9 Å². The van der Waals surface area contributed by atoms with E-state index in [9.17, 15) is 9.59 Å². The molecular weight excluding hydrogens is 591 g/mol. The summed E-state index contributed by atoms with van der Waals surface area (Å²) < 4.78 is 11.0. The van der Waals surface area contributed by atoms with E-state index in [4.69, 9.17) is 9.47 Å². The molecule has 5 heteroatoms. The van der Waals surface area contributed by atoms with E-state index in [1.165, 1.54) is 167 Å².